The van der Waals surface area contributed by atoms with E-state index in [0.29, 0.717) is 15.8 Å². The maximum Gasteiger partial charge on any atom is 0.325 e. The average Bonchev–Trinajstić information content (AvgIpc) is 2.17. The lowest BCUT2D eigenvalue weighted by Crippen LogP contribution is -2.21. The number of carboxylic acid groups (broad SMARTS) is 1. The minimum Gasteiger partial charge on any atom is -0.495 e. The number of ether oxygens (including phenoxy) is 1. The van der Waals surface area contributed by atoms with Crippen LogP contribution in [0.1, 0.15) is 17.2 Å². The van der Waals surface area contributed by atoms with Crippen LogP contribution >= 0.6 is 15.9 Å². The fraction of sp³-hybridized carbons (Fsp3) is 0.300. The first kappa shape index (κ1) is 12.0. The van der Waals surface area contributed by atoms with E-state index in [9.17, 15) is 4.79 Å². The van der Waals surface area contributed by atoms with Gasteiger partial charge in [-0.1, -0.05) is 12.1 Å². The second-order valence-corrected chi connectivity index (χ2v) is 3.93. The number of methoxy groups -OCH3 is 1. The van der Waals surface area contributed by atoms with Gasteiger partial charge in [0.15, 0.2) is 0 Å². The van der Waals surface area contributed by atoms with Crippen molar-refractivity contribution in [1.29, 1.82) is 0 Å². The van der Waals surface area contributed by atoms with Gasteiger partial charge in [-0.3, -0.25) is 4.79 Å². The van der Waals surface area contributed by atoms with Crippen molar-refractivity contribution in [2.45, 2.75) is 13.0 Å². The van der Waals surface area contributed by atoms with Gasteiger partial charge in [0.25, 0.3) is 0 Å². The number of nitrogens with two attached hydrogens (primary N) is 1. The zero-order valence-corrected chi connectivity index (χ0v) is 10.0. The molecule has 82 valence electrons. The van der Waals surface area contributed by atoms with Crippen LogP contribution in [0.5, 0.6) is 5.75 Å². The molecule has 4 nitrogen and oxygen atoms in total. The molecule has 0 fully saturated rings. The quantitative estimate of drug-likeness (QED) is 0.882. The van der Waals surface area contributed by atoms with E-state index in [1.165, 1.54) is 7.11 Å². The molecule has 0 aromatic heterocycles. The Kier molecular flexibility index (Phi) is 3.71. The van der Waals surface area contributed by atoms with Gasteiger partial charge in [-0.05, 0) is 34.0 Å². The number of carboxylic acids is 1. The monoisotopic (exact) mass is 273 g/mol. The molecule has 1 aromatic rings. The molecule has 1 rings (SSSR count). The van der Waals surface area contributed by atoms with Gasteiger partial charge in [-0.15, -0.1) is 0 Å². The molecule has 0 aliphatic rings. The number of rotatable bonds is 3. The summed E-state index contributed by atoms with van der Waals surface area (Å²) in [5.74, 6) is -0.453. The number of benzene rings is 1. The summed E-state index contributed by atoms with van der Waals surface area (Å²) in [6.07, 6.45) is 0. The molecule has 0 amide bonds. The molecule has 0 bridgehead atoms. The maximum absolute atomic E-state index is 10.7. The van der Waals surface area contributed by atoms with Crippen molar-refractivity contribution in [1.82, 2.24) is 0 Å². The Bertz CT molecular complexity index is 392. The first-order valence-corrected chi connectivity index (χ1v) is 5.09. The van der Waals surface area contributed by atoms with Crippen molar-refractivity contribution < 1.29 is 14.6 Å². The Morgan fingerprint density at radius 3 is 2.67 bits per heavy atom. The third-order valence-electron chi connectivity index (χ3n) is 2.13. The molecule has 0 aliphatic heterocycles. The number of hydrogen-bond acceptors (Lipinski definition) is 3. The molecule has 1 unspecified atom stereocenters. The molecule has 0 spiro atoms. The van der Waals surface area contributed by atoms with Crippen LogP contribution in [0, 0.1) is 6.92 Å². The normalized spacial score (nSPS) is 12.3. The third kappa shape index (κ3) is 2.30. The number of aryl methyl sites for hydroxylation is 1. The number of halogens is 1. The summed E-state index contributed by atoms with van der Waals surface area (Å²) in [6, 6.07) is 2.41. The van der Waals surface area contributed by atoms with Crippen molar-refractivity contribution in [3.8, 4) is 5.75 Å². The number of hydrogen-bond donors (Lipinski definition) is 2. The summed E-state index contributed by atoms with van der Waals surface area (Å²) in [4.78, 5) is 10.7. The summed E-state index contributed by atoms with van der Waals surface area (Å²) in [7, 11) is 1.53. The van der Waals surface area contributed by atoms with Crippen LogP contribution < -0.4 is 10.5 Å². The zero-order chi connectivity index (χ0) is 11.6. The summed E-state index contributed by atoms with van der Waals surface area (Å²) in [5.41, 5.74) is 6.95. The topological polar surface area (TPSA) is 72.5 Å². The third-order valence-corrected chi connectivity index (χ3v) is 2.95. The Labute approximate surface area is 96.2 Å². The van der Waals surface area contributed by atoms with Crippen molar-refractivity contribution in [3.63, 3.8) is 0 Å². The van der Waals surface area contributed by atoms with Gasteiger partial charge in [0.1, 0.15) is 11.8 Å². The molecule has 0 aliphatic carbocycles. The van der Waals surface area contributed by atoms with E-state index in [2.05, 4.69) is 15.9 Å². The van der Waals surface area contributed by atoms with Gasteiger partial charge in [0.05, 0.1) is 11.6 Å². The van der Waals surface area contributed by atoms with Crippen molar-refractivity contribution in [2.75, 3.05) is 7.11 Å². The molecule has 15 heavy (non-hydrogen) atoms. The van der Waals surface area contributed by atoms with Crippen molar-refractivity contribution >= 4 is 21.9 Å². The van der Waals surface area contributed by atoms with Crippen LogP contribution in [-0.4, -0.2) is 18.2 Å². The zero-order valence-electron chi connectivity index (χ0n) is 8.45. The minimum atomic E-state index is -1.07. The second kappa shape index (κ2) is 4.63. The van der Waals surface area contributed by atoms with Crippen LogP contribution in [0.4, 0.5) is 0 Å². The molecule has 5 heteroatoms. The van der Waals surface area contributed by atoms with Gasteiger partial charge in [-0.25, -0.2) is 0 Å². The van der Waals surface area contributed by atoms with Crippen LogP contribution in [0.3, 0.4) is 0 Å². The van der Waals surface area contributed by atoms with E-state index in [1.807, 2.05) is 6.92 Å². The summed E-state index contributed by atoms with van der Waals surface area (Å²) < 4.78 is 5.75. The smallest absolute Gasteiger partial charge is 0.325 e. The molecule has 1 atom stereocenters. The molecule has 0 radical (unpaired) electrons. The van der Waals surface area contributed by atoms with Crippen LogP contribution in [0.2, 0.25) is 0 Å². The minimum absolute atomic E-state index is 0.505. The van der Waals surface area contributed by atoms with Gasteiger partial charge < -0.3 is 15.6 Å². The van der Waals surface area contributed by atoms with Gasteiger partial charge >= 0.3 is 5.97 Å². The molecular formula is C10H12BrNO3. The average molecular weight is 274 g/mol. The Morgan fingerprint density at radius 2 is 2.20 bits per heavy atom. The standard InChI is InChI=1S/C10H12BrNO3/c1-5-3-4-6(8(12)10(13)14)7(11)9(5)15-2/h3-4,8H,12H2,1-2H3,(H,13,14). The highest BCUT2D eigenvalue weighted by molar-refractivity contribution is 9.10. The highest BCUT2D eigenvalue weighted by Gasteiger charge is 2.20. The Morgan fingerprint density at radius 1 is 1.60 bits per heavy atom. The van der Waals surface area contributed by atoms with E-state index in [4.69, 9.17) is 15.6 Å². The van der Waals surface area contributed by atoms with Crippen LogP contribution in [0.25, 0.3) is 0 Å². The van der Waals surface area contributed by atoms with E-state index in [-0.39, 0.29) is 0 Å². The molecule has 0 saturated carbocycles. The highest BCUT2D eigenvalue weighted by atomic mass is 79.9. The first-order valence-electron chi connectivity index (χ1n) is 4.30. The molecule has 3 N–H and O–H groups in total. The molecule has 0 heterocycles. The van der Waals surface area contributed by atoms with Crippen molar-refractivity contribution in [3.05, 3.63) is 27.7 Å². The first-order chi connectivity index (χ1) is 6.99. The van der Waals surface area contributed by atoms with E-state index < -0.39 is 12.0 Å². The number of aliphatic carboxylic acids is 1. The lowest BCUT2D eigenvalue weighted by molar-refractivity contribution is -0.138. The van der Waals surface area contributed by atoms with E-state index in [0.717, 1.165) is 5.56 Å². The van der Waals surface area contributed by atoms with Crippen molar-refractivity contribution in [2.24, 2.45) is 5.73 Å². The van der Waals surface area contributed by atoms with Crippen LogP contribution in [-0.2, 0) is 4.79 Å². The second-order valence-electron chi connectivity index (χ2n) is 3.13. The van der Waals surface area contributed by atoms with Gasteiger partial charge in [0.2, 0.25) is 0 Å². The fourth-order valence-electron chi connectivity index (χ4n) is 1.29. The number of carbonyl (C=O) groups is 1. The predicted octanol–water partition coefficient (Wildman–Crippen LogP) is 1.85. The van der Waals surface area contributed by atoms with E-state index in [1.54, 1.807) is 12.1 Å². The largest absolute Gasteiger partial charge is 0.495 e. The summed E-state index contributed by atoms with van der Waals surface area (Å²) in [6.45, 7) is 1.87. The molecule has 1 aromatic carbocycles. The van der Waals surface area contributed by atoms with E-state index >= 15 is 0 Å². The highest BCUT2D eigenvalue weighted by Crippen LogP contribution is 2.34. The Balaban J connectivity index is 3.27. The van der Waals surface area contributed by atoms with Gasteiger partial charge in [0, 0.05) is 0 Å². The molecular weight excluding hydrogens is 262 g/mol. The summed E-state index contributed by atoms with van der Waals surface area (Å²) in [5, 5.41) is 8.81. The predicted molar refractivity (Wildman–Crippen MR) is 60.0 cm³/mol. The molecule has 0 saturated heterocycles. The lowest BCUT2D eigenvalue weighted by Gasteiger charge is -2.14. The van der Waals surface area contributed by atoms with Crippen LogP contribution in [0.15, 0.2) is 16.6 Å². The fourth-order valence-corrected chi connectivity index (χ4v) is 2.15. The lowest BCUT2D eigenvalue weighted by atomic mass is 10.1. The maximum atomic E-state index is 10.7. The van der Waals surface area contributed by atoms with Gasteiger partial charge in [-0.2, -0.15) is 0 Å². The SMILES string of the molecule is COc1c(C)ccc(C(N)C(=O)O)c1Br. The summed E-state index contributed by atoms with van der Waals surface area (Å²) >= 11 is 3.29. The Hall–Kier alpha value is -1.07.